The van der Waals surface area contributed by atoms with Crippen molar-refractivity contribution in [1.82, 2.24) is 14.5 Å². The Hall–Kier alpha value is -4.23. The molecule has 7 heteroatoms. The summed E-state index contributed by atoms with van der Waals surface area (Å²) in [4.78, 5) is 20.0. The first kappa shape index (κ1) is 23.5. The molecule has 36 heavy (non-hydrogen) atoms. The van der Waals surface area contributed by atoms with Crippen LogP contribution in [0.5, 0.6) is 0 Å². The van der Waals surface area contributed by atoms with E-state index < -0.39 is 0 Å². The molecule has 0 aliphatic rings. The Kier molecular flexibility index (Phi) is 6.40. The third-order valence-corrected chi connectivity index (χ3v) is 6.31. The van der Waals surface area contributed by atoms with Gasteiger partial charge in [0.15, 0.2) is 0 Å². The number of anilines is 1. The van der Waals surface area contributed by atoms with Gasteiger partial charge in [0.1, 0.15) is 13.1 Å². The number of nitrogens with two attached hydrogens (primary N) is 1. The maximum atomic E-state index is 12.9. The number of rotatable bonds is 5. The molecule has 0 spiro atoms. The van der Waals surface area contributed by atoms with Gasteiger partial charge >= 0.3 is 5.56 Å². The number of fused-ring (bicyclic) bond motifs is 2. The van der Waals surface area contributed by atoms with Crippen LogP contribution in [0.3, 0.4) is 0 Å². The van der Waals surface area contributed by atoms with Gasteiger partial charge in [-0.25, -0.2) is 9.13 Å². The average Bonchev–Trinajstić information content (AvgIpc) is 3.21. The molecule has 6 rings (SSSR count). The number of nitrogen functional groups attached to an aromatic ring is 1. The zero-order valence-corrected chi connectivity index (χ0v) is 21.0. The van der Waals surface area contributed by atoms with E-state index in [1.807, 2.05) is 45.8 Å². The van der Waals surface area contributed by atoms with E-state index >= 15 is 0 Å². The van der Waals surface area contributed by atoms with Crippen LogP contribution in [0.15, 0.2) is 108 Å². The molecule has 6 nitrogen and oxygen atoms in total. The van der Waals surface area contributed by atoms with Crippen molar-refractivity contribution >= 4 is 27.9 Å². The van der Waals surface area contributed by atoms with Crippen molar-refractivity contribution in [2.45, 2.75) is 13.1 Å². The largest absolute Gasteiger partial charge is 1.00 e. The molecule has 0 radical (unpaired) electrons. The Morgan fingerprint density at radius 2 is 1.47 bits per heavy atom. The maximum Gasteiger partial charge on any atom is 0.304 e. The number of H-pyrrole nitrogens is 1. The van der Waals surface area contributed by atoms with Crippen LogP contribution in [0.1, 0.15) is 11.1 Å². The third kappa shape index (κ3) is 4.53. The summed E-state index contributed by atoms with van der Waals surface area (Å²) >= 11 is 0. The van der Waals surface area contributed by atoms with Crippen LogP contribution in [-0.4, -0.2) is 14.5 Å². The van der Waals surface area contributed by atoms with Crippen molar-refractivity contribution in [3.05, 3.63) is 125 Å². The number of nitrogens with zero attached hydrogens (tertiary/aromatic N) is 3. The fraction of sp³-hybridized carbons (Fsp3) is 0.0690. The number of aromatic amines is 1. The van der Waals surface area contributed by atoms with Gasteiger partial charge in [-0.3, -0.25) is 9.78 Å². The second kappa shape index (κ2) is 9.79. The Morgan fingerprint density at radius 1 is 0.806 bits per heavy atom. The molecule has 0 amide bonds. The summed E-state index contributed by atoms with van der Waals surface area (Å²) in [5.74, 6) is 0.111. The van der Waals surface area contributed by atoms with Gasteiger partial charge in [-0.15, -0.1) is 0 Å². The molecule has 0 bridgehead atoms. The van der Waals surface area contributed by atoms with Gasteiger partial charge in [0.25, 0.3) is 11.2 Å². The van der Waals surface area contributed by atoms with Gasteiger partial charge in [0, 0.05) is 0 Å². The average molecular weight is 538 g/mol. The Balaban J connectivity index is 0.00000267. The van der Waals surface area contributed by atoms with Crippen LogP contribution in [-0.2, 0) is 13.1 Å². The Morgan fingerprint density at radius 3 is 2.25 bits per heavy atom. The standard InChI is InChI=1S/C29H23N5O.BrH/c30-29-31-27-26(28(35)32-29)33(17-20-10-13-24(14-11-20)22-6-2-1-3-7-22)19-34(27)18-21-12-15-23-8-4-5-9-25(23)16-21;/h1-16,19H,17-18H2,(H2-,30,31,32,35);1H. The molecular formula is C29H24BrN5O. The lowest BCUT2D eigenvalue weighted by molar-refractivity contribution is -0.663. The number of hydrogen-bond acceptors (Lipinski definition) is 3. The van der Waals surface area contributed by atoms with Crippen molar-refractivity contribution in [3.8, 4) is 11.1 Å². The zero-order valence-electron chi connectivity index (χ0n) is 19.4. The summed E-state index contributed by atoms with van der Waals surface area (Å²) in [6.07, 6.45) is 1.95. The van der Waals surface area contributed by atoms with E-state index in [9.17, 15) is 4.79 Å². The van der Waals surface area contributed by atoms with Gasteiger partial charge in [-0.2, -0.15) is 4.98 Å². The van der Waals surface area contributed by atoms with Crippen molar-refractivity contribution in [3.63, 3.8) is 0 Å². The molecule has 6 aromatic rings. The highest BCUT2D eigenvalue weighted by atomic mass is 79.9. The van der Waals surface area contributed by atoms with E-state index in [2.05, 4.69) is 76.7 Å². The fourth-order valence-corrected chi connectivity index (χ4v) is 4.61. The smallest absolute Gasteiger partial charge is 0.304 e. The van der Waals surface area contributed by atoms with Gasteiger partial charge in [-0.05, 0) is 39.1 Å². The number of imidazole rings is 1. The first-order valence-electron chi connectivity index (χ1n) is 11.5. The van der Waals surface area contributed by atoms with Crippen molar-refractivity contribution in [2.75, 3.05) is 5.73 Å². The lowest BCUT2D eigenvalue weighted by Crippen LogP contribution is -3.00. The van der Waals surface area contributed by atoms with Gasteiger partial charge in [-0.1, -0.05) is 91.0 Å². The lowest BCUT2D eigenvalue weighted by atomic mass is 10.0. The first-order chi connectivity index (χ1) is 17.1. The zero-order chi connectivity index (χ0) is 23.8. The predicted octanol–water partition coefficient (Wildman–Crippen LogP) is 1.52. The van der Waals surface area contributed by atoms with Crippen molar-refractivity contribution in [2.24, 2.45) is 0 Å². The number of aromatic nitrogens is 4. The topological polar surface area (TPSA) is 80.6 Å². The van der Waals surface area contributed by atoms with Crippen LogP contribution < -0.4 is 32.8 Å². The summed E-state index contributed by atoms with van der Waals surface area (Å²) in [5, 5.41) is 2.37. The number of halogens is 1. The van der Waals surface area contributed by atoms with Crippen LogP contribution in [0, 0.1) is 0 Å². The molecule has 0 saturated carbocycles. The minimum Gasteiger partial charge on any atom is -1.00 e. The monoisotopic (exact) mass is 537 g/mol. The Labute approximate surface area is 218 Å². The SMILES string of the molecule is Nc1nc2c(c(=O)[nH]1)[n+](Cc1ccc(-c3ccccc3)cc1)cn2Cc1ccc2ccccc2c1.[Br-]. The van der Waals surface area contributed by atoms with Crippen LogP contribution in [0.25, 0.3) is 33.1 Å². The van der Waals surface area contributed by atoms with E-state index in [0.29, 0.717) is 24.3 Å². The highest BCUT2D eigenvalue weighted by Crippen LogP contribution is 2.20. The van der Waals surface area contributed by atoms with Crippen LogP contribution in [0.2, 0.25) is 0 Å². The van der Waals surface area contributed by atoms with Gasteiger partial charge in [0.2, 0.25) is 12.3 Å². The summed E-state index contributed by atoms with van der Waals surface area (Å²) in [6.45, 7) is 1.13. The highest BCUT2D eigenvalue weighted by molar-refractivity contribution is 5.83. The van der Waals surface area contributed by atoms with Gasteiger partial charge in [0.05, 0.1) is 0 Å². The number of hydrogen-bond donors (Lipinski definition) is 2. The quantitative estimate of drug-likeness (QED) is 0.327. The predicted molar refractivity (Wildman–Crippen MR) is 139 cm³/mol. The van der Waals surface area contributed by atoms with Crippen LogP contribution >= 0.6 is 0 Å². The number of nitrogens with one attached hydrogen (secondary N) is 1. The third-order valence-electron chi connectivity index (χ3n) is 6.31. The Bertz CT molecular complexity index is 1720. The molecule has 3 N–H and O–H groups in total. The molecule has 0 fully saturated rings. The minimum absolute atomic E-state index is 0. The first-order valence-corrected chi connectivity index (χ1v) is 11.5. The molecule has 0 saturated heterocycles. The van der Waals surface area contributed by atoms with E-state index in [-0.39, 0.29) is 28.5 Å². The summed E-state index contributed by atoms with van der Waals surface area (Å²) in [6, 6.07) is 33.4. The fourth-order valence-electron chi connectivity index (χ4n) is 4.61. The second-order valence-corrected chi connectivity index (χ2v) is 8.74. The summed E-state index contributed by atoms with van der Waals surface area (Å²) in [5.41, 5.74) is 11.3. The molecule has 2 aromatic heterocycles. The minimum atomic E-state index is -0.245. The highest BCUT2D eigenvalue weighted by Gasteiger charge is 2.22. The van der Waals surface area contributed by atoms with E-state index in [0.717, 1.165) is 16.7 Å². The van der Waals surface area contributed by atoms with Crippen molar-refractivity contribution in [1.29, 1.82) is 0 Å². The maximum absolute atomic E-state index is 12.9. The molecule has 0 unspecified atom stereocenters. The molecule has 4 aromatic carbocycles. The molecule has 178 valence electrons. The normalized spacial score (nSPS) is 11.0. The number of benzene rings is 4. The molecule has 2 heterocycles. The van der Waals surface area contributed by atoms with E-state index in [1.165, 1.54) is 16.3 Å². The summed E-state index contributed by atoms with van der Waals surface area (Å²) in [7, 11) is 0. The van der Waals surface area contributed by atoms with Gasteiger partial charge < -0.3 is 22.7 Å². The molecule has 0 aliphatic carbocycles. The van der Waals surface area contributed by atoms with E-state index in [1.54, 1.807) is 0 Å². The molecule has 0 aliphatic heterocycles. The lowest BCUT2D eigenvalue weighted by Gasteiger charge is -2.03. The second-order valence-electron chi connectivity index (χ2n) is 8.74. The van der Waals surface area contributed by atoms with Crippen molar-refractivity contribution < 1.29 is 21.5 Å². The van der Waals surface area contributed by atoms with Crippen LogP contribution in [0.4, 0.5) is 5.95 Å². The van der Waals surface area contributed by atoms with E-state index in [4.69, 9.17) is 5.73 Å². The summed E-state index contributed by atoms with van der Waals surface area (Å²) < 4.78 is 3.93. The molecular weight excluding hydrogens is 514 g/mol. The molecule has 0 atom stereocenters.